The van der Waals surface area contributed by atoms with Crippen LogP contribution in [0.2, 0.25) is 0 Å². The minimum atomic E-state index is -1.51. The van der Waals surface area contributed by atoms with Gasteiger partial charge in [0, 0.05) is 12.0 Å². The van der Waals surface area contributed by atoms with Crippen LogP contribution in [0.3, 0.4) is 0 Å². The van der Waals surface area contributed by atoms with Gasteiger partial charge in [0.05, 0.1) is 17.6 Å². The van der Waals surface area contributed by atoms with Crippen LogP contribution in [-0.4, -0.2) is 28.7 Å². The van der Waals surface area contributed by atoms with Gasteiger partial charge in [-0.3, -0.25) is 10.1 Å². The highest BCUT2D eigenvalue weighted by atomic mass is 19.1. The van der Waals surface area contributed by atoms with E-state index in [4.69, 9.17) is 0 Å². The number of carbonyl (C=O) groups is 1. The summed E-state index contributed by atoms with van der Waals surface area (Å²) in [7, 11) is 0. The van der Waals surface area contributed by atoms with Gasteiger partial charge in [-0.25, -0.2) is 9.18 Å². The molecule has 98 valence electrons. The second-order valence-electron chi connectivity index (χ2n) is 3.50. The lowest BCUT2D eigenvalue weighted by Gasteiger charge is -2.09. The number of ether oxygens (including phenoxy) is 1. The fraction of sp³-hybridized carbons (Fsp3) is 0.364. The van der Waals surface area contributed by atoms with Gasteiger partial charge in [0.15, 0.2) is 6.10 Å². The Balaban J connectivity index is 2.90. The molecule has 0 bridgehead atoms. The summed E-state index contributed by atoms with van der Waals surface area (Å²) < 4.78 is 17.4. The van der Waals surface area contributed by atoms with Crippen LogP contribution in [0.15, 0.2) is 18.2 Å². The van der Waals surface area contributed by atoms with E-state index in [0.29, 0.717) is 0 Å². The van der Waals surface area contributed by atoms with E-state index < -0.39 is 28.5 Å². The van der Waals surface area contributed by atoms with Crippen molar-refractivity contribution in [1.29, 1.82) is 0 Å². The number of aliphatic hydroxyl groups is 1. The normalized spacial score (nSPS) is 11.9. The van der Waals surface area contributed by atoms with Gasteiger partial charge in [0.2, 0.25) is 0 Å². The van der Waals surface area contributed by atoms with Gasteiger partial charge in [-0.2, -0.15) is 0 Å². The number of nitro benzene ring substituents is 1. The highest BCUT2D eigenvalue weighted by Crippen LogP contribution is 2.21. The number of nitrogens with zero attached hydrogens (tertiary/aromatic N) is 1. The standard InChI is InChI=1S/C11H12FNO5/c1-2-18-11(15)10(14)5-7-3-4-8(12)6-9(7)13(16)17/h3-4,6,10,14H,2,5H2,1H3. The van der Waals surface area contributed by atoms with E-state index in [1.54, 1.807) is 6.92 Å². The van der Waals surface area contributed by atoms with Crippen molar-refractivity contribution in [2.75, 3.05) is 6.61 Å². The van der Waals surface area contributed by atoms with E-state index >= 15 is 0 Å². The first kappa shape index (κ1) is 14.0. The molecule has 7 heteroatoms. The topological polar surface area (TPSA) is 89.7 Å². The summed E-state index contributed by atoms with van der Waals surface area (Å²) in [5, 5.41) is 20.2. The molecule has 1 atom stereocenters. The van der Waals surface area contributed by atoms with Crippen LogP contribution >= 0.6 is 0 Å². The Bertz CT molecular complexity index is 463. The molecule has 0 amide bonds. The number of hydrogen-bond donors (Lipinski definition) is 1. The van der Waals surface area contributed by atoms with Crippen LogP contribution in [0.1, 0.15) is 12.5 Å². The third kappa shape index (κ3) is 3.49. The van der Waals surface area contributed by atoms with Gasteiger partial charge in [0.1, 0.15) is 5.82 Å². The van der Waals surface area contributed by atoms with Crippen LogP contribution in [-0.2, 0) is 16.0 Å². The minimum Gasteiger partial charge on any atom is -0.464 e. The molecule has 0 aliphatic rings. The molecule has 0 radical (unpaired) electrons. The van der Waals surface area contributed by atoms with Gasteiger partial charge >= 0.3 is 5.97 Å². The molecular formula is C11H12FNO5. The predicted molar refractivity (Wildman–Crippen MR) is 59.4 cm³/mol. The molecule has 0 saturated heterocycles. The SMILES string of the molecule is CCOC(=O)C(O)Cc1ccc(F)cc1[N+](=O)[O-]. The van der Waals surface area contributed by atoms with E-state index in [2.05, 4.69) is 4.74 Å². The Morgan fingerprint density at radius 3 is 2.83 bits per heavy atom. The van der Waals surface area contributed by atoms with Crippen molar-refractivity contribution in [3.63, 3.8) is 0 Å². The van der Waals surface area contributed by atoms with Gasteiger partial charge in [-0.15, -0.1) is 0 Å². The molecule has 1 aromatic carbocycles. The van der Waals surface area contributed by atoms with Crippen molar-refractivity contribution < 1.29 is 24.0 Å². The van der Waals surface area contributed by atoms with Gasteiger partial charge in [0.25, 0.3) is 5.69 Å². The summed E-state index contributed by atoms with van der Waals surface area (Å²) in [4.78, 5) is 21.1. The van der Waals surface area contributed by atoms with Crippen molar-refractivity contribution in [3.05, 3.63) is 39.7 Å². The van der Waals surface area contributed by atoms with E-state index in [0.717, 1.165) is 18.2 Å². The Morgan fingerprint density at radius 2 is 2.28 bits per heavy atom. The lowest BCUT2D eigenvalue weighted by atomic mass is 10.1. The Morgan fingerprint density at radius 1 is 1.61 bits per heavy atom. The van der Waals surface area contributed by atoms with E-state index in [9.17, 15) is 24.4 Å². The van der Waals surface area contributed by atoms with Gasteiger partial charge in [-0.1, -0.05) is 0 Å². The molecule has 1 unspecified atom stereocenters. The van der Waals surface area contributed by atoms with Crippen molar-refractivity contribution in [2.45, 2.75) is 19.4 Å². The first-order valence-electron chi connectivity index (χ1n) is 5.23. The lowest BCUT2D eigenvalue weighted by Crippen LogP contribution is -2.25. The summed E-state index contributed by atoms with van der Waals surface area (Å²) in [5.41, 5.74) is -0.402. The highest BCUT2D eigenvalue weighted by molar-refractivity contribution is 5.75. The Kier molecular flexibility index (Phi) is 4.73. The van der Waals surface area contributed by atoms with Crippen LogP contribution < -0.4 is 0 Å². The molecule has 6 nitrogen and oxygen atoms in total. The average Bonchev–Trinajstić information content (AvgIpc) is 2.31. The van der Waals surface area contributed by atoms with E-state index in [1.165, 1.54) is 0 Å². The summed E-state index contributed by atoms with van der Waals surface area (Å²) in [5.74, 6) is -1.62. The summed E-state index contributed by atoms with van der Waals surface area (Å²) in [6.07, 6.45) is -1.80. The Labute approximate surface area is 102 Å². The van der Waals surface area contributed by atoms with Crippen molar-refractivity contribution in [3.8, 4) is 0 Å². The molecule has 0 aliphatic heterocycles. The van der Waals surface area contributed by atoms with Crippen LogP contribution in [0.25, 0.3) is 0 Å². The van der Waals surface area contributed by atoms with Crippen LogP contribution in [0, 0.1) is 15.9 Å². The number of carbonyl (C=O) groups excluding carboxylic acids is 1. The highest BCUT2D eigenvalue weighted by Gasteiger charge is 2.22. The average molecular weight is 257 g/mol. The molecule has 0 spiro atoms. The number of esters is 1. The lowest BCUT2D eigenvalue weighted by molar-refractivity contribution is -0.385. The fourth-order valence-electron chi connectivity index (χ4n) is 1.41. The predicted octanol–water partition coefficient (Wildman–Crippen LogP) is 1.20. The molecule has 1 rings (SSSR count). The first-order chi connectivity index (χ1) is 8.45. The zero-order chi connectivity index (χ0) is 13.7. The van der Waals surface area contributed by atoms with Crippen molar-refractivity contribution in [2.24, 2.45) is 0 Å². The summed E-state index contributed by atoms with van der Waals surface area (Å²) in [6, 6.07) is 2.93. The third-order valence-electron chi connectivity index (χ3n) is 2.22. The molecule has 0 aromatic heterocycles. The molecule has 1 aromatic rings. The maximum absolute atomic E-state index is 12.9. The van der Waals surface area contributed by atoms with Crippen LogP contribution in [0.4, 0.5) is 10.1 Å². The Hall–Kier alpha value is -2.02. The monoisotopic (exact) mass is 257 g/mol. The minimum absolute atomic E-state index is 0.0713. The smallest absolute Gasteiger partial charge is 0.335 e. The quantitative estimate of drug-likeness (QED) is 0.486. The molecule has 0 saturated carbocycles. The van der Waals surface area contributed by atoms with Crippen molar-refractivity contribution in [1.82, 2.24) is 0 Å². The van der Waals surface area contributed by atoms with Gasteiger partial charge < -0.3 is 9.84 Å². The second kappa shape index (κ2) is 6.06. The van der Waals surface area contributed by atoms with Gasteiger partial charge in [-0.05, 0) is 19.1 Å². The number of benzene rings is 1. The van der Waals surface area contributed by atoms with Crippen LogP contribution in [0.5, 0.6) is 0 Å². The summed E-state index contributed by atoms with van der Waals surface area (Å²) >= 11 is 0. The fourth-order valence-corrected chi connectivity index (χ4v) is 1.41. The molecule has 0 fully saturated rings. The number of halogens is 1. The number of aliphatic hydroxyl groups excluding tert-OH is 1. The largest absolute Gasteiger partial charge is 0.464 e. The number of hydrogen-bond acceptors (Lipinski definition) is 5. The molecule has 0 aliphatic carbocycles. The molecule has 0 heterocycles. The first-order valence-corrected chi connectivity index (χ1v) is 5.23. The molecule has 1 N–H and O–H groups in total. The van der Waals surface area contributed by atoms with Crippen molar-refractivity contribution >= 4 is 11.7 Å². The molecular weight excluding hydrogens is 245 g/mol. The zero-order valence-electron chi connectivity index (χ0n) is 9.63. The number of nitro groups is 1. The third-order valence-corrected chi connectivity index (χ3v) is 2.22. The van der Waals surface area contributed by atoms with E-state index in [1.807, 2.05) is 0 Å². The summed E-state index contributed by atoms with van der Waals surface area (Å²) in [6.45, 7) is 1.67. The maximum atomic E-state index is 12.9. The molecule has 18 heavy (non-hydrogen) atoms. The zero-order valence-corrected chi connectivity index (χ0v) is 9.63. The number of rotatable bonds is 5. The second-order valence-corrected chi connectivity index (χ2v) is 3.50. The van der Waals surface area contributed by atoms with E-state index in [-0.39, 0.29) is 18.6 Å². The maximum Gasteiger partial charge on any atom is 0.335 e.